The summed E-state index contributed by atoms with van der Waals surface area (Å²) in [5.41, 5.74) is 0.263. The Morgan fingerprint density at radius 1 is 1.11 bits per heavy atom. The van der Waals surface area contributed by atoms with Crippen molar-refractivity contribution in [1.29, 1.82) is 0 Å². The second-order valence-corrected chi connectivity index (χ2v) is 3.33. The van der Waals surface area contributed by atoms with Crippen LogP contribution in [0.4, 0.5) is 32.4 Å². The molecule has 19 heavy (non-hydrogen) atoms. The molecule has 1 amide bonds. The molecule has 1 aromatic rings. The number of carbonyl (C=O) groups excluding carboxylic acids is 1. The maximum absolute atomic E-state index is 12.3. The van der Waals surface area contributed by atoms with Gasteiger partial charge in [-0.15, -0.1) is 0 Å². The molecule has 1 rings (SSSR count). The van der Waals surface area contributed by atoms with Crippen molar-refractivity contribution >= 4 is 11.8 Å². The zero-order valence-corrected chi connectivity index (χ0v) is 9.21. The molecule has 0 aliphatic heterocycles. The number of amides is 1. The molecule has 106 valence electrons. The summed E-state index contributed by atoms with van der Waals surface area (Å²) in [5, 5.41) is 2.05. The summed E-state index contributed by atoms with van der Waals surface area (Å²) in [6, 6.07) is 7.68. The Morgan fingerprint density at radius 3 is 2.21 bits per heavy atom. The molecule has 0 aromatic heterocycles. The van der Waals surface area contributed by atoms with Crippen molar-refractivity contribution in [3.05, 3.63) is 30.3 Å². The van der Waals surface area contributed by atoms with Crippen molar-refractivity contribution in [2.45, 2.75) is 12.1 Å². The predicted octanol–water partition coefficient (Wildman–Crippen LogP) is 3.36. The standard InChI is InChI=1S/C10H8F5NO3/c11-9(12,10(13,14)15)6-18-19-8(17)16-7-4-2-1-3-5-7/h1-5H,6H2,(H,16,17). The third kappa shape index (κ3) is 4.70. The monoisotopic (exact) mass is 285 g/mol. The van der Waals surface area contributed by atoms with Gasteiger partial charge in [-0.1, -0.05) is 18.2 Å². The smallest absolute Gasteiger partial charge is 0.289 e. The van der Waals surface area contributed by atoms with E-state index in [0.717, 1.165) is 0 Å². The first-order valence-corrected chi connectivity index (χ1v) is 4.82. The first-order valence-electron chi connectivity index (χ1n) is 4.82. The predicted molar refractivity (Wildman–Crippen MR) is 53.5 cm³/mol. The molecule has 0 heterocycles. The minimum atomic E-state index is -5.77. The summed E-state index contributed by atoms with van der Waals surface area (Å²) < 4.78 is 59.8. The van der Waals surface area contributed by atoms with Gasteiger partial charge in [-0.3, -0.25) is 10.2 Å². The highest BCUT2D eigenvalue weighted by molar-refractivity contribution is 5.83. The summed E-state index contributed by atoms with van der Waals surface area (Å²) in [6.45, 7) is -2.11. The van der Waals surface area contributed by atoms with E-state index in [1.54, 1.807) is 18.2 Å². The Morgan fingerprint density at radius 2 is 1.68 bits per heavy atom. The third-order valence-electron chi connectivity index (χ3n) is 1.81. The van der Waals surface area contributed by atoms with Crippen LogP contribution in [-0.4, -0.2) is 24.8 Å². The lowest BCUT2D eigenvalue weighted by Crippen LogP contribution is -2.41. The van der Waals surface area contributed by atoms with E-state index in [1.807, 2.05) is 0 Å². The molecule has 0 spiro atoms. The van der Waals surface area contributed by atoms with Gasteiger partial charge in [0.05, 0.1) is 0 Å². The largest absolute Gasteiger partial charge is 0.455 e. The Kier molecular flexibility index (Phi) is 4.65. The van der Waals surface area contributed by atoms with Crippen LogP contribution in [0.3, 0.4) is 0 Å². The Balaban J connectivity index is 2.36. The molecular formula is C10H8F5NO3. The second-order valence-electron chi connectivity index (χ2n) is 3.33. The average Bonchev–Trinajstić information content (AvgIpc) is 2.28. The van der Waals surface area contributed by atoms with Crippen LogP contribution in [0, 0.1) is 0 Å². The first-order chi connectivity index (χ1) is 8.72. The molecule has 0 atom stereocenters. The van der Waals surface area contributed by atoms with Gasteiger partial charge < -0.3 is 0 Å². The fraction of sp³-hybridized carbons (Fsp3) is 0.300. The van der Waals surface area contributed by atoms with Crippen molar-refractivity contribution in [2.24, 2.45) is 0 Å². The molecule has 0 radical (unpaired) electrons. The molecule has 0 saturated carbocycles. The SMILES string of the molecule is O=C(Nc1ccccc1)OOCC(F)(F)C(F)(F)F. The molecule has 0 aliphatic carbocycles. The molecule has 0 fully saturated rings. The maximum atomic E-state index is 12.3. The van der Waals surface area contributed by atoms with Crippen LogP contribution in [-0.2, 0) is 9.78 Å². The number of hydrogen-bond donors (Lipinski definition) is 1. The highest BCUT2D eigenvalue weighted by atomic mass is 19.4. The fourth-order valence-corrected chi connectivity index (χ4v) is 0.899. The first kappa shape index (κ1) is 15.2. The van der Waals surface area contributed by atoms with E-state index in [9.17, 15) is 26.7 Å². The van der Waals surface area contributed by atoms with E-state index in [-0.39, 0.29) is 5.69 Å². The van der Waals surface area contributed by atoms with E-state index in [1.165, 1.54) is 12.1 Å². The number of nitrogens with one attached hydrogen (secondary N) is 1. The average molecular weight is 285 g/mol. The molecule has 0 bridgehead atoms. The highest BCUT2D eigenvalue weighted by Gasteiger charge is 2.58. The minimum absolute atomic E-state index is 0.263. The van der Waals surface area contributed by atoms with E-state index in [4.69, 9.17) is 0 Å². The zero-order valence-electron chi connectivity index (χ0n) is 9.21. The number of hydrogen-bond acceptors (Lipinski definition) is 3. The molecule has 0 saturated heterocycles. The molecule has 4 nitrogen and oxygen atoms in total. The summed E-state index contributed by atoms with van der Waals surface area (Å²) in [7, 11) is 0. The number of halogens is 5. The summed E-state index contributed by atoms with van der Waals surface area (Å²) in [6.07, 6.45) is -7.09. The van der Waals surface area contributed by atoms with Gasteiger partial charge in [-0.25, -0.2) is 4.79 Å². The van der Waals surface area contributed by atoms with Gasteiger partial charge >= 0.3 is 18.2 Å². The Hall–Kier alpha value is -1.90. The Bertz CT molecular complexity index is 421. The van der Waals surface area contributed by atoms with Crippen LogP contribution in [0.5, 0.6) is 0 Å². The van der Waals surface area contributed by atoms with Crippen molar-refractivity contribution in [3.8, 4) is 0 Å². The van der Waals surface area contributed by atoms with Crippen molar-refractivity contribution in [2.75, 3.05) is 11.9 Å². The molecule has 0 unspecified atom stereocenters. The Labute approximate surface area is 104 Å². The van der Waals surface area contributed by atoms with E-state index >= 15 is 0 Å². The van der Waals surface area contributed by atoms with Crippen molar-refractivity contribution in [3.63, 3.8) is 0 Å². The lowest BCUT2D eigenvalue weighted by Gasteiger charge is -2.18. The van der Waals surface area contributed by atoms with Crippen molar-refractivity contribution < 1.29 is 36.5 Å². The fourth-order valence-electron chi connectivity index (χ4n) is 0.899. The quantitative estimate of drug-likeness (QED) is 0.524. The molecule has 9 heteroatoms. The van der Waals surface area contributed by atoms with Crippen LogP contribution in [0.15, 0.2) is 30.3 Å². The number of anilines is 1. The molecule has 0 aliphatic rings. The highest BCUT2D eigenvalue weighted by Crippen LogP contribution is 2.35. The van der Waals surface area contributed by atoms with Gasteiger partial charge in [0.1, 0.15) is 0 Å². The lowest BCUT2D eigenvalue weighted by molar-refractivity contribution is -0.343. The molecular weight excluding hydrogens is 277 g/mol. The number of carbonyl (C=O) groups is 1. The van der Waals surface area contributed by atoms with Crippen LogP contribution < -0.4 is 5.32 Å². The number of alkyl halides is 5. The van der Waals surface area contributed by atoms with Gasteiger partial charge in [0, 0.05) is 5.69 Å². The van der Waals surface area contributed by atoms with Crippen LogP contribution in [0.2, 0.25) is 0 Å². The van der Waals surface area contributed by atoms with Gasteiger partial charge in [0.25, 0.3) is 0 Å². The van der Waals surface area contributed by atoms with E-state index in [0.29, 0.717) is 0 Å². The lowest BCUT2D eigenvalue weighted by atomic mass is 10.3. The van der Waals surface area contributed by atoms with Gasteiger partial charge in [0.15, 0.2) is 6.61 Å². The van der Waals surface area contributed by atoms with Crippen LogP contribution >= 0.6 is 0 Å². The van der Waals surface area contributed by atoms with E-state index < -0.39 is 24.8 Å². The number of benzene rings is 1. The van der Waals surface area contributed by atoms with Gasteiger partial charge in [0.2, 0.25) is 0 Å². The normalized spacial score (nSPS) is 12.1. The second kappa shape index (κ2) is 5.83. The van der Waals surface area contributed by atoms with Gasteiger partial charge in [-0.2, -0.15) is 26.8 Å². The zero-order chi connectivity index (χ0) is 14.5. The summed E-state index contributed by atoms with van der Waals surface area (Å²) in [5.74, 6) is -5.10. The van der Waals surface area contributed by atoms with Crippen LogP contribution in [0.1, 0.15) is 0 Å². The molecule has 1 N–H and O–H groups in total. The van der Waals surface area contributed by atoms with Crippen molar-refractivity contribution in [1.82, 2.24) is 0 Å². The van der Waals surface area contributed by atoms with E-state index in [2.05, 4.69) is 15.1 Å². The maximum Gasteiger partial charge on any atom is 0.455 e. The number of rotatable bonds is 4. The third-order valence-corrected chi connectivity index (χ3v) is 1.81. The molecule has 1 aromatic carbocycles. The number of para-hydroxylation sites is 1. The topological polar surface area (TPSA) is 47.6 Å². The van der Waals surface area contributed by atoms with Gasteiger partial charge in [-0.05, 0) is 12.1 Å². The van der Waals surface area contributed by atoms with Crippen LogP contribution in [0.25, 0.3) is 0 Å². The minimum Gasteiger partial charge on any atom is -0.289 e. The summed E-state index contributed by atoms with van der Waals surface area (Å²) >= 11 is 0. The summed E-state index contributed by atoms with van der Waals surface area (Å²) in [4.78, 5) is 18.3.